The van der Waals surface area contributed by atoms with Crippen LogP contribution in [0.5, 0.6) is 0 Å². The quantitative estimate of drug-likeness (QED) is 0.849. The van der Waals surface area contributed by atoms with Crippen molar-refractivity contribution in [1.82, 2.24) is 0 Å². The summed E-state index contributed by atoms with van der Waals surface area (Å²) < 4.78 is 0.979. The van der Waals surface area contributed by atoms with Gasteiger partial charge in [-0.15, -0.1) is 0 Å². The second-order valence-corrected chi connectivity index (χ2v) is 5.28. The van der Waals surface area contributed by atoms with Crippen LogP contribution in [0.25, 0.3) is 0 Å². The Morgan fingerprint density at radius 3 is 2.47 bits per heavy atom. The molecule has 0 spiro atoms. The van der Waals surface area contributed by atoms with Crippen LogP contribution in [0, 0.1) is 0 Å². The van der Waals surface area contributed by atoms with E-state index in [-0.39, 0.29) is 0 Å². The number of halogens is 1. The molecule has 1 aromatic rings. The number of rotatable bonds is 6. The largest absolute Gasteiger partial charge is 0.480 e. The number of aliphatic carboxylic acids is 1. The van der Waals surface area contributed by atoms with Crippen LogP contribution in [0.1, 0.15) is 31.7 Å². The molecule has 1 aromatic carbocycles. The third-order valence-corrected chi connectivity index (χ3v) is 3.36. The van der Waals surface area contributed by atoms with Crippen LogP contribution >= 0.6 is 15.9 Å². The Bertz CT molecular complexity index is 378. The molecular formula is C13H18BrNO2. The van der Waals surface area contributed by atoms with E-state index in [2.05, 4.69) is 15.9 Å². The Hall–Kier alpha value is -0.870. The van der Waals surface area contributed by atoms with Gasteiger partial charge in [0, 0.05) is 10.9 Å². The second-order valence-electron chi connectivity index (χ2n) is 4.37. The number of hydrogen-bond acceptors (Lipinski definition) is 2. The Labute approximate surface area is 110 Å². The van der Waals surface area contributed by atoms with E-state index in [1.165, 1.54) is 0 Å². The van der Waals surface area contributed by atoms with E-state index in [0.717, 1.165) is 22.9 Å². The Balaban J connectivity index is 2.79. The van der Waals surface area contributed by atoms with Crippen LogP contribution in [0.2, 0.25) is 0 Å². The predicted octanol–water partition coefficient (Wildman–Crippen LogP) is 2.96. The average Bonchev–Trinajstić information content (AvgIpc) is 2.29. The summed E-state index contributed by atoms with van der Waals surface area (Å²) in [5, 5.41) is 9.24. The summed E-state index contributed by atoms with van der Waals surface area (Å²) in [6.07, 6.45) is 2.66. The lowest BCUT2D eigenvalue weighted by Crippen LogP contribution is -2.49. The monoisotopic (exact) mass is 299 g/mol. The topological polar surface area (TPSA) is 63.3 Å². The third kappa shape index (κ3) is 4.13. The van der Waals surface area contributed by atoms with Gasteiger partial charge in [0.25, 0.3) is 0 Å². The van der Waals surface area contributed by atoms with Crippen molar-refractivity contribution < 1.29 is 9.90 Å². The number of unbranched alkanes of at least 4 members (excludes halogenated alkanes) is 1. The van der Waals surface area contributed by atoms with E-state index in [1.54, 1.807) is 0 Å². The lowest BCUT2D eigenvalue weighted by molar-refractivity contribution is -0.143. The van der Waals surface area contributed by atoms with Gasteiger partial charge in [-0.2, -0.15) is 0 Å². The number of carboxylic acid groups (broad SMARTS) is 1. The second kappa shape index (κ2) is 6.17. The van der Waals surface area contributed by atoms with Crippen molar-refractivity contribution in [2.24, 2.45) is 5.73 Å². The molecule has 1 atom stereocenters. The van der Waals surface area contributed by atoms with E-state index in [4.69, 9.17) is 5.73 Å². The van der Waals surface area contributed by atoms with Gasteiger partial charge in [-0.3, -0.25) is 4.79 Å². The molecule has 94 valence electrons. The first-order valence-electron chi connectivity index (χ1n) is 5.74. The minimum absolute atomic E-state index is 0.371. The average molecular weight is 300 g/mol. The summed E-state index contributed by atoms with van der Waals surface area (Å²) in [6, 6.07) is 7.61. The molecule has 0 saturated heterocycles. The summed E-state index contributed by atoms with van der Waals surface area (Å²) in [5.74, 6) is -0.922. The van der Waals surface area contributed by atoms with Crippen LogP contribution in [-0.4, -0.2) is 16.6 Å². The number of nitrogens with two attached hydrogens (primary N) is 1. The van der Waals surface area contributed by atoms with E-state index < -0.39 is 11.5 Å². The smallest absolute Gasteiger partial charge is 0.324 e. The lowest BCUT2D eigenvalue weighted by atomic mass is 9.87. The summed E-state index contributed by atoms with van der Waals surface area (Å²) in [6.45, 7) is 2.03. The van der Waals surface area contributed by atoms with Gasteiger partial charge >= 0.3 is 5.97 Å². The Kier molecular flexibility index (Phi) is 5.15. The fraction of sp³-hybridized carbons (Fsp3) is 0.462. The van der Waals surface area contributed by atoms with Gasteiger partial charge in [0.2, 0.25) is 0 Å². The van der Waals surface area contributed by atoms with Crippen molar-refractivity contribution in [3.8, 4) is 0 Å². The van der Waals surface area contributed by atoms with Crippen LogP contribution in [-0.2, 0) is 11.2 Å². The van der Waals surface area contributed by atoms with Crippen molar-refractivity contribution in [2.45, 2.75) is 38.1 Å². The molecule has 0 radical (unpaired) electrons. The maximum Gasteiger partial charge on any atom is 0.324 e. The molecule has 0 bridgehead atoms. The first kappa shape index (κ1) is 14.2. The molecule has 3 nitrogen and oxygen atoms in total. The molecular weight excluding hydrogens is 282 g/mol. The highest BCUT2D eigenvalue weighted by Gasteiger charge is 2.33. The highest BCUT2D eigenvalue weighted by molar-refractivity contribution is 9.10. The number of hydrogen-bond donors (Lipinski definition) is 2. The molecule has 0 aliphatic carbocycles. The van der Waals surface area contributed by atoms with Crippen LogP contribution in [0.3, 0.4) is 0 Å². The van der Waals surface area contributed by atoms with Crippen molar-refractivity contribution in [2.75, 3.05) is 0 Å². The molecule has 4 heteroatoms. The first-order chi connectivity index (χ1) is 7.98. The van der Waals surface area contributed by atoms with Crippen molar-refractivity contribution in [3.63, 3.8) is 0 Å². The number of benzene rings is 1. The van der Waals surface area contributed by atoms with Gasteiger partial charge < -0.3 is 10.8 Å². The van der Waals surface area contributed by atoms with Crippen molar-refractivity contribution in [3.05, 3.63) is 34.3 Å². The molecule has 0 heterocycles. The van der Waals surface area contributed by atoms with E-state index in [0.29, 0.717) is 12.8 Å². The highest BCUT2D eigenvalue weighted by atomic mass is 79.9. The zero-order chi connectivity index (χ0) is 12.9. The standard InChI is InChI=1S/C13H18BrNO2/c1-2-3-8-13(15,12(16)17)9-10-4-6-11(14)7-5-10/h4-7H,2-3,8-9,15H2,1H3,(H,16,17). The van der Waals surface area contributed by atoms with Gasteiger partial charge in [-0.1, -0.05) is 47.8 Å². The Morgan fingerprint density at radius 2 is 2.00 bits per heavy atom. The minimum Gasteiger partial charge on any atom is -0.480 e. The lowest BCUT2D eigenvalue weighted by Gasteiger charge is -2.24. The van der Waals surface area contributed by atoms with Gasteiger partial charge in [-0.05, 0) is 24.1 Å². The van der Waals surface area contributed by atoms with Crippen molar-refractivity contribution >= 4 is 21.9 Å². The van der Waals surface area contributed by atoms with Gasteiger partial charge in [-0.25, -0.2) is 0 Å². The molecule has 0 aliphatic rings. The zero-order valence-corrected chi connectivity index (χ0v) is 11.5. The summed E-state index contributed by atoms with van der Waals surface area (Å²) in [4.78, 5) is 11.3. The number of carboxylic acids is 1. The molecule has 0 saturated carbocycles. The predicted molar refractivity (Wildman–Crippen MR) is 71.9 cm³/mol. The summed E-state index contributed by atoms with van der Waals surface area (Å²) >= 11 is 3.35. The molecule has 1 unspecified atom stereocenters. The fourth-order valence-corrected chi connectivity index (χ4v) is 1.99. The fourth-order valence-electron chi connectivity index (χ4n) is 1.73. The van der Waals surface area contributed by atoms with Crippen LogP contribution < -0.4 is 5.73 Å². The Morgan fingerprint density at radius 1 is 1.41 bits per heavy atom. The highest BCUT2D eigenvalue weighted by Crippen LogP contribution is 2.20. The SMILES string of the molecule is CCCCC(N)(Cc1ccc(Br)cc1)C(=O)O. The van der Waals surface area contributed by atoms with Crippen molar-refractivity contribution in [1.29, 1.82) is 0 Å². The van der Waals surface area contributed by atoms with Gasteiger partial charge in [0.1, 0.15) is 5.54 Å². The first-order valence-corrected chi connectivity index (χ1v) is 6.54. The maximum absolute atomic E-state index is 11.3. The van der Waals surface area contributed by atoms with Gasteiger partial charge in [0.15, 0.2) is 0 Å². The normalized spacial score (nSPS) is 14.3. The molecule has 0 aliphatic heterocycles. The third-order valence-electron chi connectivity index (χ3n) is 2.84. The van der Waals surface area contributed by atoms with Crippen LogP contribution in [0.15, 0.2) is 28.7 Å². The molecule has 3 N–H and O–H groups in total. The van der Waals surface area contributed by atoms with E-state index in [1.807, 2.05) is 31.2 Å². The van der Waals surface area contributed by atoms with E-state index in [9.17, 15) is 9.90 Å². The van der Waals surface area contributed by atoms with E-state index >= 15 is 0 Å². The molecule has 0 amide bonds. The number of carbonyl (C=O) groups is 1. The summed E-state index contributed by atoms with van der Waals surface area (Å²) in [7, 11) is 0. The molecule has 17 heavy (non-hydrogen) atoms. The minimum atomic E-state index is -1.15. The van der Waals surface area contributed by atoms with Gasteiger partial charge in [0.05, 0.1) is 0 Å². The zero-order valence-electron chi connectivity index (χ0n) is 9.95. The maximum atomic E-state index is 11.3. The molecule has 0 fully saturated rings. The van der Waals surface area contributed by atoms with Crippen LogP contribution in [0.4, 0.5) is 0 Å². The summed E-state index contributed by atoms with van der Waals surface area (Å²) in [5.41, 5.74) is 5.79. The molecule has 1 rings (SSSR count). The molecule has 0 aromatic heterocycles.